The number of alkyl halides is 7. The van der Waals surface area contributed by atoms with Crippen LogP contribution in [0.25, 0.3) is 0 Å². The van der Waals surface area contributed by atoms with Gasteiger partial charge in [0, 0.05) is 11.8 Å². The van der Waals surface area contributed by atoms with Gasteiger partial charge in [0.1, 0.15) is 12.3 Å². The molecule has 3 aliphatic carbocycles. The van der Waals surface area contributed by atoms with Gasteiger partial charge in [-0.25, -0.2) is 13.2 Å². The van der Waals surface area contributed by atoms with Crippen LogP contribution in [0.1, 0.15) is 71.1 Å². The molecule has 0 aromatic heterocycles. The summed E-state index contributed by atoms with van der Waals surface area (Å²) in [6, 6.07) is 0. The molecule has 28 heavy (non-hydrogen) atoms. The Balaban J connectivity index is 1.58. The van der Waals surface area contributed by atoms with E-state index >= 15 is 0 Å². The van der Waals surface area contributed by atoms with Crippen molar-refractivity contribution in [3.8, 4) is 0 Å². The molecule has 2 atom stereocenters. The fraction of sp³-hybridized carbons (Fsp3) is 1.00. The lowest BCUT2D eigenvalue weighted by molar-refractivity contribution is -0.270. The smallest absolute Gasteiger partial charge is 0.244 e. The van der Waals surface area contributed by atoms with Gasteiger partial charge >= 0.3 is 11.8 Å². The number of hydrogen-bond acceptors (Lipinski definition) is 0. The molecule has 0 aromatic carbocycles. The highest BCUT2D eigenvalue weighted by Gasteiger charge is 2.64. The molecule has 0 aromatic rings. The van der Waals surface area contributed by atoms with Gasteiger partial charge < -0.3 is 0 Å². The molecule has 0 radical (unpaired) electrons. The molecule has 0 spiro atoms. The topological polar surface area (TPSA) is 0 Å². The molecule has 3 saturated carbocycles. The van der Waals surface area contributed by atoms with Gasteiger partial charge in [0.15, 0.2) is 6.17 Å². The van der Waals surface area contributed by atoms with Crippen LogP contribution in [0.5, 0.6) is 0 Å². The molecule has 0 N–H and O–H groups in total. The maximum absolute atomic E-state index is 14.8. The van der Waals surface area contributed by atoms with Gasteiger partial charge in [0.2, 0.25) is 0 Å². The van der Waals surface area contributed by atoms with Crippen LogP contribution in [0.4, 0.5) is 30.7 Å². The lowest BCUT2D eigenvalue weighted by atomic mass is 9.67. The van der Waals surface area contributed by atoms with Crippen molar-refractivity contribution < 1.29 is 30.7 Å². The van der Waals surface area contributed by atoms with Crippen LogP contribution in [-0.4, -0.2) is 30.4 Å². The van der Waals surface area contributed by atoms with E-state index in [4.69, 9.17) is 0 Å². The van der Waals surface area contributed by atoms with E-state index in [1.54, 1.807) is 0 Å². The molecule has 0 bridgehead atoms. The van der Waals surface area contributed by atoms with Gasteiger partial charge in [0.25, 0.3) is 0 Å². The lowest BCUT2D eigenvalue weighted by Gasteiger charge is -2.44. The van der Waals surface area contributed by atoms with E-state index in [1.807, 2.05) is 6.92 Å². The van der Waals surface area contributed by atoms with Gasteiger partial charge in [-0.05, 0) is 69.1 Å². The Morgan fingerprint density at radius 1 is 0.571 bits per heavy atom. The molecule has 2 unspecified atom stereocenters. The highest BCUT2D eigenvalue weighted by atomic mass is 19.3. The van der Waals surface area contributed by atoms with Crippen molar-refractivity contribution in [2.45, 2.75) is 101 Å². The first-order chi connectivity index (χ1) is 13.0. The molecule has 0 aliphatic heterocycles. The first-order valence-electron chi connectivity index (χ1n) is 10.7. The normalized spacial score (nSPS) is 43.7. The maximum atomic E-state index is 14.8. The molecule has 3 fully saturated rings. The molecule has 0 saturated heterocycles. The van der Waals surface area contributed by atoms with E-state index in [9.17, 15) is 30.7 Å². The second-order valence-corrected chi connectivity index (χ2v) is 9.52. The summed E-state index contributed by atoms with van der Waals surface area (Å²) in [6.07, 6.45) is -4.36. The maximum Gasteiger partial charge on any atom is 0.313 e. The fourth-order valence-corrected chi connectivity index (χ4v) is 5.67. The second-order valence-electron chi connectivity index (χ2n) is 9.52. The summed E-state index contributed by atoms with van der Waals surface area (Å²) >= 11 is 0. The minimum Gasteiger partial charge on any atom is -0.244 e. The van der Waals surface area contributed by atoms with Crippen LogP contribution in [0.3, 0.4) is 0 Å². The minimum absolute atomic E-state index is 0.0696. The van der Waals surface area contributed by atoms with Crippen molar-refractivity contribution >= 4 is 0 Å². The van der Waals surface area contributed by atoms with Gasteiger partial charge in [-0.3, -0.25) is 0 Å². The molecule has 0 nitrogen and oxygen atoms in total. The third kappa shape index (κ3) is 4.19. The highest BCUT2D eigenvalue weighted by molar-refractivity contribution is 4.99. The predicted octanol–water partition coefficient (Wildman–Crippen LogP) is 7.31. The lowest BCUT2D eigenvalue weighted by Crippen LogP contribution is -2.53. The molecular formula is C21H31F7. The largest absolute Gasteiger partial charge is 0.313 e. The van der Waals surface area contributed by atoms with Crippen molar-refractivity contribution in [2.24, 2.45) is 29.6 Å². The second kappa shape index (κ2) is 8.33. The van der Waals surface area contributed by atoms with Crippen molar-refractivity contribution in [1.29, 1.82) is 0 Å². The van der Waals surface area contributed by atoms with Crippen molar-refractivity contribution in [1.82, 2.24) is 0 Å². The van der Waals surface area contributed by atoms with Crippen LogP contribution in [-0.2, 0) is 0 Å². The van der Waals surface area contributed by atoms with Crippen LogP contribution in [0.2, 0.25) is 0 Å². The summed E-state index contributed by atoms with van der Waals surface area (Å²) in [6.45, 7) is 1.95. The molecule has 3 aliphatic rings. The Bertz CT molecular complexity index is 495. The predicted molar refractivity (Wildman–Crippen MR) is 93.9 cm³/mol. The fourth-order valence-electron chi connectivity index (χ4n) is 5.67. The van der Waals surface area contributed by atoms with Crippen LogP contribution < -0.4 is 0 Å². The number of hydrogen-bond donors (Lipinski definition) is 0. The zero-order valence-electron chi connectivity index (χ0n) is 16.3. The van der Waals surface area contributed by atoms with Crippen LogP contribution in [0, 0.1) is 29.6 Å². The molecule has 0 heterocycles. The summed E-state index contributed by atoms with van der Waals surface area (Å²) < 4.78 is 99.6. The zero-order valence-corrected chi connectivity index (χ0v) is 16.3. The number of rotatable bonds is 4. The van der Waals surface area contributed by atoms with Gasteiger partial charge in [0.05, 0.1) is 0 Å². The molecular weight excluding hydrogens is 385 g/mol. The summed E-state index contributed by atoms with van der Waals surface area (Å²) in [7, 11) is 0. The Labute approximate surface area is 162 Å². The first kappa shape index (κ1) is 22.2. The van der Waals surface area contributed by atoms with Gasteiger partial charge in [-0.15, -0.1) is 0 Å². The van der Waals surface area contributed by atoms with Crippen LogP contribution in [0.15, 0.2) is 0 Å². The van der Waals surface area contributed by atoms with Gasteiger partial charge in [-0.2, -0.15) is 17.6 Å². The summed E-state index contributed by atoms with van der Waals surface area (Å²) in [5, 5.41) is 0. The average Bonchev–Trinajstić information content (AvgIpc) is 2.66. The Hall–Kier alpha value is -0.490. The van der Waals surface area contributed by atoms with E-state index < -0.39 is 48.1 Å². The quantitative estimate of drug-likeness (QED) is 0.421. The molecule has 164 valence electrons. The van der Waals surface area contributed by atoms with Gasteiger partial charge in [-0.1, -0.05) is 19.8 Å². The molecule has 3 rings (SSSR count). The Morgan fingerprint density at radius 2 is 0.964 bits per heavy atom. The van der Waals surface area contributed by atoms with E-state index in [0.717, 1.165) is 0 Å². The summed E-state index contributed by atoms with van der Waals surface area (Å²) in [4.78, 5) is 0. The van der Waals surface area contributed by atoms with E-state index in [0.29, 0.717) is 18.8 Å². The highest BCUT2D eigenvalue weighted by Crippen LogP contribution is 2.54. The van der Waals surface area contributed by atoms with Crippen LogP contribution >= 0.6 is 0 Å². The summed E-state index contributed by atoms with van der Waals surface area (Å²) in [5.74, 6) is -11.1. The van der Waals surface area contributed by atoms with Crippen molar-refractivity contribution in [2.75, 3.05) is 0 Å². The minimum atomic E-state index is -4.06. The first-order valence-corrected chi connectivity index (χ1v) is 10.7. The standard InChI is InChI=1S/C21H31F7/c1-12-2-6-15(7-3-12)20(25,26)21(27,28)16-8-4-13(5-9-16)14-10-17(22)19(24)18(23)11-14/h12-19H,2-11H2,1H3. The van der Waals surface area contributed by atoms with E-state index in [1.165, 1.54) is 0 Å². The Morgan fingerprint density at radius 3 is 1.39 bits per heavy atom. The molecule has 0 amide bonds. The van der Waals surface area contributed by atoms with Crippen molar-refractivity contribution in [3.05, 3.63) is 0 Å². The SMILES string of the molecule is CC1CCC(C(F)(F)C(F)(F)C2CCC(C3CC(F)C(F)C(F)C3)CC2)CC1. The monoisotopic (exact) mass is 416 g/mol. The zero-order chi connectivity index (χ0) is 20.7. The van der Waals surface area contributed by atoms with E-state index in [2.05, 4.69) is 0 Å². The summed E-state index contributed by atoms with van der Waals surface area (Å²) in [5.41, 5.74) is 0. The molecule has 7 heteroatoms. The van der Waals surface area contributed by atoms with E-state index in [-0.39, 0.29) is 57.3 Å². The average molecular weight is 416 g/mol. The third-order valence-corrected chi connectivity index (χ3v) is 7.67. The Kier molecular flexibility index (Phi) is 6.60. The number of halogens is 7. The van der Waals surface area contributed by atoms with Crippen molar-refractivity contribution in [3.63, 3.8) is 0 Å². The third-order valence-electron chi connectivity index (χ3n) is 7.67.